The first-order chi connectivity index (χ1) is 39.4. The number of H-pyrrole nitrogens is 1. The van der Waals surface area contributed by atoms with Crippen LogP contribution < -0.4 is 42.5 Å². The number of ether oxygens (including phenoxy) is 3. The number of phenols is 1. The summed E-state index contributed by atoms with van der Waals surface area (Å²) in [6, 6.07) is 11.6. The van der Waals surface area contributed by atoms with Gasteiger partial charge in [-0.2, -0.15) is 0 Å². The standard InChI is InChI=1S/C59H81N9O14S2/c1-34(80-57(2,3)4)47-53(75)66-46(54(76)77)33-84-83-32-45(65-50(72)43(28-35-18-12-11-13-19-35)67-56(79)82-59(8,9)10)52(74)63-42(29-36-23-25-38(69)26-24-36)49(71)64-44(30-37-31-61-40-21-15-14-20-39(37)40)51(73)62-41(48(70)68-47)22-16-17-27-60-55(78)81-58(5,6)7/h11-15,18-21,23-26,31,34,41-47,61,69H,16-17,22,27-30,32-33H2,1-10H3,(H,60,78)(H,62,73)(H,63,74)(H,64,71)(H,65,72)(H,66,75)(H,67,79)(H,68,70)(H,76,77)/t34-,41+,42+,43-,44-,45+,46+,47+/m1/s1. The van der Waals surface area contributed by atoms with Crippen molar-refractivity contribution in [2.75, 3.05) is 18.1 Å². The lowest BCUT2D eigenvalue weighted by molar-refractivity contribution is -0.144. The highest BCUT2D eigenvalue weighted by atomic mass is 33.1. The second-order valence-electron chi connectivity index (χ2n) is 23.4. The van der Waals surface area contributed by atoms with Crippen LogP contribution in [0.15, 0.2) is 85.1 Å². The molecule has 11 N–H and O–H groups in total. The highest BCUT2D eigenvalue weighted by Crippen LogP contribution is 2.25. The molecule has 0 unspecified atom stereocenters. The van der Waals surface area contributed by atoms with Gasteiger partial charge >= 0.3 is 18.2 Å². The van der Waals surface area contributed by atoms with Crippen LogP contribution in [0.1, 0.15) is 105 Å². The third-order valence-corrected chi connectivity index (χ3v) is 15.1. The number of unbranched alkanes of at least 4 members (excludes halogenated alkanes) is 1. The smallest absolute Gasteiger partial charge is 0.408 e. The highest BCUT2D eigenvalue weighted by molar-refractivity contribution is 8.76. The van der Waals surface area contributed by atoms with Gasteiger partial charge in [-0.1, -0.05) is 82.3 Å². The predicted molar refractivity (Wildman–Crippen MR) is 320 cm³/mol. The SMILES string of the molecule is C[C@@H](OC(C)(C)C)[C@@H]1NC(=O)[C@H](CCCCNC(=O)OC(C)(C)C)NC(=O)[C@@H](Cc2c[nH]c3ccccc23)NC(=O)[C@H](Cc2ccc(O)cc2)NC(=O)[C@@H](NC(=O)[C@@H](Cc2ccccc2)NC(=O)OC(C)(C)C)CSSC[C@@H](C(=O)O)NC1=O. The van der Waals surface area contributed by atoms with Gasteiger partial charge in [-0.3, -0.25) is 28.8 Å². The van der Waals surface area contributed by atoms with Gasteiger partial charge in [0.2, 0.25) is 35.4 Å². The number of hydrogen-bond acceptors (Lipinski definition) is 15. The van der Waals surface area contributed by atoms with Crippen molar-refractivity contribution in [2.45, 2.75) is 173 Å². The minimum atomic E-state index is -1.59. The quantitative estimate of drug-likeness (QED) is 0.0485. The molecule has 0 aliphatic carbocycles. The molecule has 0 spiro atoms. The van der Waals surface area contributed by atoms with E-state index in [4.69, 9.17) is 14.2 Å². The number of para-hydroxylation sites is 1. The van der Waals surface area contributed by atoms with Gasteiger partial charge in [-0.25, -0.2) is 14.4 Å². The molecule has 2 heterocycles. The number of rotatable bonds is 17. The summed E-state index contributed by atoms with van der Waals surface area (Å²) in [5.74, 6) is -7.30. The summed E-state index contributed by atoms with van der Waals surface area (Å²) < 4.78 is 17.0. The highest BCUT2D eigenvalue weighted by Gasteiger charge is 2.38. The number of benzene rings is 3. The summed E-state index contributed by atoms with van der Waals surface area (Å²) in [5, 5.41) is 43.0. The van der Waals surface area contributed by atoms with E-state index in [2.05, 4.69) is 47.5 Å². The molecule has 0 radical (unpaired) electrons. The Hall–Kier alpha value is -7.51. The number of alkyl carbamates (subject to hydrolysis) is 2. The Morgan fingerprint density at radius 3 is 1.87 bits per heavy atom. The molecule has 0 saturated carbocycles. The number of amides is 8. The molecule has 4 aromatic rings. The van der Waals surface area contributed by atoms with Gasteiger partial charge in [-0.15, -0.1) is 0 Å². The summed E-state index contributed by atoms with van der Waals surface area (Å²) in [7, 11) is 1.91. The van der Waals surface area contributed by atoms with Gasteiger partial charge < -0.3 is 71.9 Å². The monoisotopic (exact) mass is 1200 g/mol. The maximum atomic E-state index is 15.1. The molecular formula is C59H81N9O14S2. The van der Waals surface area contributed by atoms with E-state index in [1.807, 2.05) is 18.2 Å². The van der Waals surface area contributed by atoms with E-state index in [-0.39, 0.29) is 55.9 Å². The largest absolute Gasteiger partial charge is 0.508 e. The molecule has 8 atom stereocenters. The van der Waals surface area contributed by atoms with E-state index in [1.165, 1.54) is 31.2 Å². The van der Waals surface area contributed by atoms with Crippen LogP contribution in [0.4, 0.5) is 9.59 Å². The van der Waals surface area contributed by atoms with Crippen LogP contribution in [0, 0.1) is 0 Å². The molecule has 1 aliphatic rings. The van der Waals surface area contributed by atoms with E-state index in [9.17, 15) is 43.8 Å². The fraction of sp³-hybridized carbons (Fsp3) is 0.508. The minimum Gasteiger partial charge on any atom is -0.508 e. The topological polar surface area (TPSA) is 334 Å². The number of carboxylic acids is 1. The summed E-state index contributed by atoms with van der Waals surface area (Å²) in [6.45, 7) is 16.9. The number of hydrogen-bond donors (Lipinski definition) is 11. The summed E-state index contributed by atoms with van der Waals surface area (Å²) in [5.41, 5.74) is -0.155. The zero-order valence-electron chi connectivity index (χ0n) is 49.2. The first-order valence-electron chi connectivity index (χ1n) is 27.7. The van der Waals surface area contributed by atoms with Crippen LogP contribution in [-0.4, -0.2) is 152 Å². The fourth-order valence-corrected chi connectivity index (χ4v) is 11.1. The second kappa shape index (κ2) is 30.9. The van der Waals surface area contributed by atoms with Crippen molar-refractivity contribution in [1.29, 1.82) is 0 Å². The summed E-state index contributed by atoms with van der Waals surface area (Å²) in [4.78, 5) is 130. The Labute approximate surface area is 497 Å². The number of carbonyl (C=O) groups is 9. The van der Waals surface area contributed by atoms with Crippen molar-refractivity contribution < 1.29 is 67.6 Å². The molecule has 1 saturated heterocycles. The first-order valence-corrected chi connectivity index (χ1v) is 30.2. The van der Waals surface area contributed by atoms with Crippen LogP contribution in [0.3, 0.4) is 0 Å². The van der Waals surface area contributed by atoms with Crippen molar-refractivity contribution >= 4 is 86.1 Å². The molecule has 1 fully saturated rings. The Morgan fingerprint density at radius 1 is 0.643 bits per heavy atom. The average molecular weight is 1200 g/mol. The lowest BCUT2D eigenvalue weighted by Gasteiger charge is -2.32. The van der Waals surface area contributed by atoms with Crippen molar-refractivity contribution in [2.24, 2.45) is 0 Å². The van der Waals surface area contributed by atoms with E-state index < -0.39 is 119 Å². The van der Waals surface area contributed by atoms with Crippen molar-refractivity contribution in [1.82, 2.24) is 47.5 Å². The second-order valence-corrected chi connectivity index (χ2v) is 25.9. The number of aliphatic carboxylic acids is 1. The van der Waals surface area contributed by atoms with Gasteiger partial charge in [0, 0.05) is 54.4 Å². The maximum absolute atomic E-state index is 15.1. The van der Waals surface area contributed by atoms with Gasteiger partial charge in [-0.05, 0) is 123 Å². The normalized spacial score (nSPS) is 20.8. The van der Waals surface area contributed by atoms with Crippen LogP contribution >= 0.6 is 21.6 Å². The Kier molecular flexibility index (Phi) is 24.7. The van der Waals surface area contributed by atoms with E-state index in [0.717, 1.165) is 27.1 Å². The van der Waals surface area contributed by atoms with Gasteiger partial charge in [0.25, 0.3) is 0 Å². The molecule has 23 nitrogen and oxygen atoms in total. The van der Waals surface area contributed by atoms with Crippen molar-refractivity contribution in [3.05, 3.63) is 102 Å². The Bertz CT molecular complexity index is 2910. The van der Waals surface area contributed by atoms with Crippen molar-refractivity contribution in [3.8, 4) is 5.75 Å². The molecule has 0 bridgehead atoms. The van der Waals surface area contributed by atoms with Gasteiger partial charge in [0.1, 0.15) is 59.2 Å². The molecule has 25 heteroatoms. The molecule has 1 aromatic heterocycles. The number of aromatic nitrogens is 1. The van der Waals surface area contributed by atoms with Crippen LogP contribution in [0.2, 0.25) is 0 Å². The number of carbonyl (C=O) groups excluding carboxylic acids is 8. The molecule has 84 heavy (non-hydrogen) atoms. The average Bonchev–Trinajstić information content (AvgIpc) is 3.99. The maximum Gasteiger partial charge on any atom is 0.408 e. The van der Waals surface area contributed by atoms with Crippen molar-refractivity contribution in [3.63, 3.8) is 0 Å². The Morgan fingerprint density at radius 2 is 1.23 bits per heavy atom. The first kappa shape index (κ1) is 67.3. The molecule has 8 amide bonds. The molecule has 1 aliphatic heterocycles. The number of nitrogens with one attached hydrogen (secondary N) is 9. The molecular weight excluding hydrogens is 1120 g/mol. The number of phenolic OH excluding ortho intramolecular Hbond substituents is 1. The van der Waals surface area contributed by atoms with Crippen LogP contribution in [0.25, 0.3) is 10.9 Å². The molecule has 458 valence electrons. The predicted octanol–water partition coefficient (Wildman–Crippen LogP) is 5.08. The summed E-state index contributed by atoms with van der Waals surface area (Å²) in [6.07, 6.45) is -0.950. The van der Waals surface area contributed by atoms with E-state index in [0.29, 0.717) is 28.5 Å². The minimum absolute atomic E-state index is 0.0407. The fourth-order valence-electron chi connectivity index (χ4n) is 8.78. The number of aromatic hydroxyl groups is 1. The Balaban J connectivity index is 1.60. The van der Waals surface area contributed by atoms with Crippen LogP contribution in [0.5, 0.6) is 5.75 Å². The lowest BCUT2D eigenvalue weighted by Crippen LogP contribution is -2.62. The summed E-state index contributed by atoms with van der Waals surface area (Å²) >= 11 is 0. The van der Waals surface area contributed by atoms with E-state index in [1.54, 1.807) is 105 Å². The van der Waals surface area contributed by atoms with Crippen LogP contribution in [-0.2, 0) is 67.0 Å². The van der Waals surface area contributed by atoms with E-state index >= 15 is 9.59 Å². The number of carboxylic acid groups (broad SMARTS) is 1. The molecule has 3 aromatic carbocycles. The number of fused-ring (bicyclic) bond motifs is 1. The van der Waals surface area contributed by atoms with Gasteiger partial charge in [0.15, 0.2) is 0 Å². The zero-order valence-corrected chi connectivity index (χ0v) is 50.8. The third kappa shape index (κ3) is 22.9. The third-order valence-electron chi connectivity index (χ3n) is 12.6. The van der Waals surface area contributed by atoms with Gasteiger partial charge in [0.05, 0.1) is 11.7 Å². The lowest BCUT2D eigenvalue weighted by atomic mass is 10.0. The molecule has 5 rings (SSSR count). The zero-order chi connectivity index (χ0) is 61.9. The number of aromatic amines is 1.